The van der Waals surface area contributed by atoms with Crippen LogP contribution in [0.3, 0.4) is 0 Å². The van der Waals surface area contributed by atoms with E-state index in [1.54, 1.807) is 7.11 Å². The maximum atomic E-state index is 12.2. The van der Waals surface area contributed by atoms with Crippen LogP contribution in [0.15, 0.2) is 66.9 Å². The average Bonchev–Trinajstić information content (AvgIpc) is 3.44. The summed E-state index contributed by atoms with van der Waals surface area (Å²) < 4.78 is 12.5. The van der Waals surface area contributed by atoms with Crippen molar-refractivity contribution in [3.05, 3.63) is 83.7 Å². The van der Waals surface area contributed by atoms with E-state index in [-0.39, 0.29) is 0 Å². The number of nitrogens with one attached hydrogen (secondary N) is 1. The number of aromatic nitrogens is 3. The van der Waals surface area contributed by atoms with Crippen molar-refractivity contribution in [3.8, 4) is 21.5 Å². The zero-order chi connectivity index (χ0) is 22.3. The second-order valence-electron chi connectivity index (χ2n) is 7.18. The molecule has 0 radical (unpaired) electrons. The van der Waals surface area contributed by atoms with Gasteiger partial charge in [-0.3, -0.25) is 4.68 Å². The van der Waals surface area contributed by atoms with Crippen molar-refractivity contribution in [1.29, 1.82) is 0 Å². The molecule has 8 heteroatoms. The molecule has 0 aliphatic heterocycles. The van der Waals surface area contributed by atoms with Crippen molar-refractivity contribution in [2.45, 2.75) is 26.4 Å². The summed E-state index contributed by atoms with van der Waals surface area (Å²) in [5.74, 6) is 0.848. The Morgan fingerprint density at radius 1 is 1.06 bits per heavy atom. The lowest BCUT2D eigenvalue weighted by atomic mass is 10.1. The summed E-state index contributed by atoms with van der Waals surface area (Å²) >= 11 is 1.31. The number of hydrogen-bond acceptors (Lipinski definition) is 6. The third kappa shape index (κ3) is 5.53. The first-order chi connectivity index (χ1) is 15.6. The van der Waals surface area contributed by atoms with Crippen LogP contribution in [0.1, 0.15) is 16.8 Å². The van der Waals surface area contributed by atoms with Gasteiger partial charge in [0.2, 0.25) is 5.06 Å². The Labute approximate surface area is 190 Å². The smallest absolute Gasteiger partial charge is 0.413 e. The van der Waals surface area contributed by atoms with E-state index in [9.17, 15) is 4.79 Å². The van der Waals surface area contributed by atoms with Crippen LogP contribution >= 0.6 is 11.3 Å². The van der Waals surface area contributed by atoms with E-state index in [0.717, 1.165) is 35.0 Å². The molecule has 32 heavy (non-hydrogen) atoms. The highest BCUT2D eigenvalue weighted by molar-refractivity contribution is 7.17. The maximum Gasteiger partial charge on any atom is 0.413 e. The third-order valence-corrected chi connectivity index (χ3v) is 5.93. The van der Waals surface area contributed by atoms with Gasteiger partial charge in [0, 0.05) is 19.3 Å². The van der Waals surface area contributed by atoms with Gasteiger partial charge in [0.15, 0.2) is 0 Å². The van der Waals surface area contributed by atoms with Gasteiger partial charge >= 0.3 is 6.09 Å². The predicted molar refractivity (Wildman–Crippen MR) is 124 cm³/mol. The molecule has 0 aliphatic carbocycles. The van der Waals surface area contributed by atoms with E-state index in [1.807, 2.05) is 66.3 Å². The van der Waals surface area contributed by atoms with Crippen LogP contribution in [0.5, 0.6) is 10.8 Å². The van der Waals surface area contributed by atoms with Crippen LogP contribution in [0.4, 0.5) is 4.79 Å². The molecule has 7 nitrogen and oxygen atoms in total. The number of nitrogens with zero attached hydrogens (tertiary/aromatic N) is 3. The van der Waals surface area contributed by atoms with Crippen LogP contribution in [0, 0.1) is 6.92 Å². The van der Waals surface area contributed by atoms with Gasteiger partial charge in [-0.15, -0.1) is 0 Å². The topological polar surface area (TPSA) is 78.3 Å². The monoisotopic (exact) mass is 448 g/mol. The van der Waals surface area contributed by atoms with Crippen LogP contribution in [-0.2, 0) is 19.5 Å². The molecule has 0 fully saturated rings. The quantitative estimate of drug-likeness (QED) is 0.417. The lowest BCUT2D eigenvalue weighted by molar-refractivity contribution is 0.201. The first-order valence-corrected chi connectivity index (χ1v) is 11.1. The highest BCUT2D eigenvalue weighted by atomic mass is 32.1. The number of aryl methyl sites for hydroxylation is 3. The SMILES string of the molecule is COc1ccc(CCn2ccc(-c3nc(C)c(OC(=O)NCc4ccccc4)s3)n2)cc1. The zero-order valence-corrected chi connectivity index (χ0v) is 18.8. The molecule has 1 amide bonds. The Kier molecular flexibility index (Phi) is 6.81. The van der Waals surface area contributed by atoms with Crippen molar-refractivity contribution in [3.63, 3.8) is 0 Å². The van der Waals surface area contributed by atoms with Gasteiger partial charge in [0.25, 0.3) is 0 Å². The van der Waals surface area contributed by atoms with Crippen LogP contribution in [0.25, 0.3) is 10.7 Å². The summed E-state index contributed by atoms with van der Waals surface area (Å²) in [7, 11) is 1.66. The minimum absolute atomic E-state index is 0.406. The molecule has 0 unspecified atom stereocenters. The summed E-state index contributed by atoms with van der Waals surface area (Å²) in [6, 6.07) is 19.6. The first-order valence-electron chi connectivity index (χ1n) is 10.2. The second-order valence-corrected chi connectivity index (χ2v) is 8.14. The first kappa shape index (κ1) is 21.6. The van der Waals surface area contributed by atoms with E-state index >= 15 is 0 Å². The summed E-state index contributed by atoms with van der Waals surface area (Å²) in [6.45, 7) is 2.98. The number of amides is 1. The largest absolute Gasteiger partial charge is 0.497 e. The summed E-state index contributed by atoms with van der Waals surface area (Å²) in [6.07, 6.45) is 2.29. The number of rotatable bonds is 8. The van der Waals surface area contributed by atoms with E-state index in [0.29, 0.717) is 17.3 Å². The lowest BCUT2D eigenvalue weighted by Gasteiger charge is -2.05. The molecular formula is C24H24N4O3S. The number of methoxy groups -OCH3 is 1. The molecule has 0 saturated carbocycles. The lowest BCUT2D eigenvalue weighted by Crippen LogP contribution is -2.26. The zero-order valence-electron chi connectivity index (χ0n) is 17.9. The number of carbonyl (C=O) groups is 1. The van der Waals surface area contributed by atoms with E-state index in [2.05, 4.69) is 27.5 Å². The number of carbonyl (C=O) groups excluding carboxylic acids is 1. The molecule has 0 bridgehead atoms. The Morgan fingerprint density at radius 3 is 2.59 bits per heavy atom. The number of hydrogen-bond donors (Lipinski definition) is 1. The molecule has 0 atom stereocenters. The molecule has 0 saturated heterocycles. The van der Waals surface area contributed by atoms with Gasteiger partial charge in [-0.05, 0) is 42.7 Å². The fourth-order valence-corrected chi connectivity index (χ4v) is 4.00. The third-order valence-electron chi connectivity index (χ3n) is 4.87. The molecule has 0 spiro atoms. The van der Waals surface area contributed by atoms with Crippen LogP contribution in [0.2, 0.25) is 0 Å². The normalized spacial score (nSPS) is 10.7. The Balaban J connectivity index is 1.34. The molecular weight excluding hydrogens is 424 g/mol. The van der Waals surface area contributed by atoms with Gasteiger partial charge in [0.1, 0.15) is 16.5 Å². The van der Waals surface area contributed by atoms with Crippen molar-refractivity contribution in [2.24, 2.45) is 0 Å². The minimum Gasteiger partial charge on any atom is -0.497 e. The summed E-state index contributed by atoms with van der Waals surface area (Å²) in [4.78, 5) is 16.7. The van der Waals surface area contributed by atoms with Crippen molar-refractivity contribution < 1.29 is 14.3 Å². The van der Waals surface area contributed by atoms with Crippen LogP contribution in [-0.4, -0.2) is 28.0 Å². The summed E-state index contributed by atoms with van der Waals surface area (Å²) in [5.41, 5.74) is 3.64. The molecule has 4 aromatic rings. The number of ether oxygens (including phenoxy) is 2. The molecule has 164 valence electrons. The standard InChI is InChI=1S/C24H24N4O3S/c1-17-23(31-24(29)25-16-19-6-4-3-5-7-19)32-22(26-17)21-13-15-28(27-21)14-12-18-8-10-20(30-2)11-9-18/h3-11,13,15H,12,14,16H2,1-2H3,(H,25,29). The second kappa shape index (κ2) is 10.1. The van der Waals surface area contributed by atoms with Crippen molar-refractivity contribution >= 4 is 17.4 Å². The van der Waals surface area contributed by atoms with Gasteiger partial charge < -0.3 is 14.8 Å². The molecule has 2 aromatic carbocycles. The van der Waals surface area contributed by atoms with E-state index < -0.39 is 6.09 Å². The highest BCUT2D eigenvalue weighted by Crippen LogP contribution is 2.32. The molecule has 4 rings (SSSR count). The Hall–Kier alpha value is -3.65. The van der Waals surface area contributed by atoms with Crippen molar-refractivity contribution in [2.75, 3.05) is 7.11 Å². The Bertz CT molecular complexity index is 1170. The van der Waals surface area contributed by atoms with Gasteiger partial charge in [-0.25, -0.2) is 9.78 Å². The van der Waals surface area contributed by atoms with Gasteiger partial charge in [-0.1, -0.05) is 53.8 Å². The maximum absolute atomic E-state index is 12.2. The number of benzene rings is 2. The van der Waals surface area contributed by atoms with Gasteiger partial charge in [0.05, 0.1) is 12.8 Å². The average molecular weight is 449 g/mol. The van der Waals surface area contributed by atoms with Crippen molar-refractivity contribution in [1.82, 2.24) is 20.1 Å². The van der Waals surface area contributed by atoms with E-state index in [1.165, 1.54) is 16.9 Å². The number of thiazole rings is 1. The van der Waals surface area contributed by atoms with Gasteiger partial charge in [-0.2, -0.15) is 5.10 Å². The molecule has 0 aliphatic rings. The molecule has 2 heterocycles. The van der Waals surface area contributed by atoms with E-state index in [4.69, 9.17) is 9.47 Å². The summed E-state index contributed by atoms with van der Waals surface area (Å²) in [5, 5.41) is 8.57. The Morgan fingerprint density at radius 2 is 1.84 bits per heavy atom. The highest BCUT2D eigenvalue weighted by Gasteiger charge is 2.16. The van der Waals surface area contributed by atoms with Crippen LogP contribution < -0.4 is 14.8 Å². The predicted octanol–water partition coefficient (Wildman–Crippen LogP) is 4.85. The fraction of sp³-hybridized carbons (Fsp3) is 0.208. The minimum atomic E-state index is -0.503. The fourth-order valence-electron chi connectivity index (χ4n) is 3.11. The molecule has 1 N–H and O–H groups in total. The molecule has 2 aromatic heterocycles.